The average Bonchev–Trinajstić information content (AvgIpc) is 2.70. The zero-order chi connectivity index (χ0) is 10.1. The summed E-state index contributed by atoms with van der Waals surface area (Å²) >= 11 is 0. The molecule has 2 aromatic rings. The summed E-state index contributed by atoms with van der Waals surface area (Å²) in [7, 11) is 0. The van der Waals surface area contributed by atoms with Crippen molar-refractivity contribution in [2.45, 2.75) is 19.9 Å². The fourth-order valence-corrected chi connectivity index (χ4v) is 1.10. The van der Waals surface area contributed by atoms with Crippen molar-refractivity contribution in [2.24, 2.45) is 0 Å². The second-order valence-electron chi connectivity index (χ2n) is 3.25. The number of nitrogens with one attached hydrogen (secondary N) is 1. The molecule has 0 saturated carbocycles. The summed E-state index contributed by atoms with van der Waals surface area (Å²) in [6.07, 6.45) is 3.44. The Morgan fingerprint density at radius 3 is 2.86 bits per heavy atom. The van der Waals surface area contributed by atoms with Crippen LogP contribution < -0.4 is 5.76 Å². The van der Waals surface area contributed by atoms with Crippen LogP contribution in [0.25, 0.3) is 11.4 Å². The van der Waals surface area contributed by atoms with Crippen LogP contribution in [0, 0.1) is 0 Å². The molecule has 0 fully saturated rings. The number of aromatic nitrogens is 4. The van der Waals surface area contributed by atoms with Gasteiger partial charge in [-0.1, -0.05) is 5.16 Å². The van der Waals surface area contributed by atoms with E-state index in [0.29, 0.717) is 5.82 Å². The minimum atomic E-state index is -0.558. The zero-order valence-electron chi connectivity index (χ0n) is 7.89. The highest BCUT2D eigenvalue weighted by Gasteiger charge is 2.07. The first-order valence-electron chi connectivity index (χ1n) is 4.27. The third-order valence-corrected chi connectivity index (χ3v) is 1.84. The van der Waals surface area contributed by atoms with E-state index < -0.39 is 5.76 Å². The van der Waals surface area contributed by atoms with Crippen molar-refractivity contribution in [1.29, 1.82) is 0 Å². The van der Waals surface area contributed by atoms with Gasteiger partial charge in [-0.25, -0.2) is 4.79 Å². The molecule has 0 aliphatic heterocycles. The average molecular weight is 194 g/mol. The van der Waals surface area contributed by atoms with Crippen LogP contribution in [0.3, 0.4) is 0 Å². The predicted molar refractivity (Wildman–Crippen MR) is 48.7 cm³/mol. The second kappa shape index (κ2) is 3.13. The second-order valence-corrected chi connectivity index (χ2v) is 3.25. The molecule has 0 saturated heterocycles. The molecular weight excluding hydrogens is 184 g/mol. The standard InChI is InChI=1S/C8H10N4O2/c1-5(2)12-4-6(3-9-12)7-10-8(13)14-11-7/h3-5H,1-2H3,(H,10,11,13). The van der Waals surface area contributed by atoms with Gasteiger partial charge in [0.2, 0.25) is 0 Å². The molecule has 0 aliphatic rings. The summed E-state index contributed by atoms with van der Waals surface area (Å²) in [4.78, 5) is 13.2. The fourth-order valence-electron chi connectivity index (χ4n) is 1.10. The number of H-pyrrole nitrogens is 1. The first-order valence-corrected chi connectivity index (χ1v) is 4.27. The van der Waals surface area contributed by atoms with E-state index >= 15 is 0 Å². The number of rotatable bonds is 2. The summed E-state index contributed by atoms with van der Waals surface area (Å²) < 4.78 is 6.17. The molecule has 2 heterocycles. The molecule has 2 aromatic heterocycles. The molecule has 0 atom stereocenters. The molecule has 2 rings (SSSR count). The lowest BCUT2D eigenvalue weighted by molar-refractivity contribution is 0.388. The van der Waals surface area contributed by atoms with Crippen LogP contribution in [-0.2, 0) is 0 Å². The van der Waals surface area contributed by atoms with Crippen LogP contribution in [0.4, 0.5) is 0 Å². The smallest absolute Gasteiger partial charge is 0.296 e. The van der Waals surface area contributed by atoms with Crippen LogP contribution in [0.2, 0.25) is 0 Å². The summed E-state index contributed by atoms with van der Waals surface area (Å²) in [6, 6.07) is 0.280. The van der Waals surface area contributed by atoms with Gasteiger partial charge in [0, 0.05) is 12.2 Å². The highest BCUT2D eigenvalue weighted by molar-refractivity contribution is 5.50. The van der Waals surface area contributed by atoms with Crippen LogP contribution in [-0.4, -0.2) is 19.9 Å². The van der Waals surface area contributed by atoms with E-state index in [0.717, 1.165) is 5.56 Å². The number of hydrogen-bond acceptors (Lipinski definition) is 4. The molecule has 0 amide bonds. The van der Waals surface area contributed by atoms with Gasteiger partial charge in [-0.3, -0.25) is 14.2 Å². The maximum atomic E-state index is 10.7. The third-order valence-electron chi connectivity index (χ3n) is 1.84. The highest BCUT2D eigenvalue weighted by atomic mass is 16.5. The Bertz CT molecular complexity index is 479. The Morgan fingerprint density at radius 1 is 1.57 bits per heavy atom. The lowest BCUT2D eigenvalue weighted by Crippen LogP contribution is -1.99. The maximum Gasteiger partial charge on any atom is 0.439 e. The molecule has 0 aromatic carbocycles. The summed E-state index contributed by atoms with van der Waals surface area (Å²) in [5.41, 5.74) is 0.740. The zero-order valence-corrected chi connectivity index (χ0v) is 7.89. The molecule has 6 nitrogen and oxygen atoms in total. The molecule has 0 radical (unpaired) electrons. The normalized spacial score (nSPS) is 11.1. The summed E-state index contributed by atoms with van der Waals surface area (Å²) in [6.45, 7) is 4.03. The molecule has 0 unspecified atom stereocenters. The Morgan fingerprint density at radius 2 is 2.36 bits per heavy atom. The van der Waals surface area contributed by atoms with Gasteiger partial charge in [0.25, 0.3) is 0 Å². The Labute approximate surface area is 79.5 Å². The van der Waals surface area contributed by atoms with E-state index in [-0.39, 0.29) is 6.04 Å². The van der Waals surface area contributed by atoms with Crippen LogP contribution >= 0.6 is 0 Å². The van der Waals surface area contributed by atoms with Crippen LogP contribution in [0.1, 0.15) is 19.9 Å². The van der Waals surface area contributed by atoms with Crippen LogP contribution in [0.5, 0.6) is 0 Å². The lowest BCUT2D eigenvalue weighted by Gasteiger charge is -2.02. The van der Waals surface area contributed by atoms with Gasteiger partial charge < -0.3 is 0 Å². The molecule has 6 heteroatoms. The lowest BCUT2D eigenvalue weighted by atomic mass is 10.3. The number of nitrogens with zero attached hydrogens (tertiary/aromatic N) is 3. The number of aromatic amines is 1. The fraction of sp³-hybridized carbons (Fsp3) is 0.375. The minimum absolute atomic E-state index is 0.280. The van der Waals surface area contributed by atoms with Crippen LogP contribution in [0.15, 0.2) is 21.7 Å². The van der Waals surface area contributed by atoms with Gasteiger partial charge in [-0.15, -0.1) is 0 Å². The van der Waals surface area contributed by atoms with Gasteiger partial charge in [0.05, 0.1) is 11.8 Å². The Kier molecular flexibility index (Phi) is 1.95. The van der Waals surface area contributed by atoms with E-state index in [9.17, 15) is 4.79 Å². The van der Waals surface area contributed by atoms with Crippen molar-refractivity contribution in [3.05, 3.63) is 22.9 Å². The van der Waals surface area contributed by atoms with Crippen molar-refractivity contribution in [3.8, 4) is 11.4 Å². The van der Waals surface area contributed by atoms with Crippen molar-refractivity contribution < 1.29 is 4.52 Å². The molecule has 0 bridgehead atoms. The van der Waals surface area contributed by atoms with E-state index in [1.165, 1.54) is 0 Å². The van der Waals surface area contributed by atoms with Crippen molar-refractivity contribution in [1.82, 2.24) is 19.9 Å². The largest absolute Gasteiger partial charge is 0.439 e. The Hall–Kier alpha value is -1.85. The first kappa shape index (κ1) is 8.74. The van der Waals surface area contributed by atoms with Crippen molar-refractivity contribution in [3.63, 3.8) is 0 Å². The minimum Gasteiger partial charge on any atom is -0.296 e. The van der Waals surface area contributed by atoms with Crippen molar-refractivity contribution >= 4 is 0 Å². The number of hydrogen-bond donors (Lipinski definition) is 1. The SMILES string of the molecule is CC(C)n1cc(-c2noc(=O)[nH]2)cn1. The van der Waals surface area contributed by atoms with Gasteiger partial charge in [0.1, 0.15) is 0 Å². The summed E-state index contributed by atoms with van der Waals surface area (Å²) in [5, 5.41) is 7.68. The summed E-state index contributed by atoms with van der Waals surface area (Å²) in [5.74, 6) is -0.154. The molecule has 14 heavy (non-hydrogen) atoms. The van der Waals surface area contributed by atoms with Crippen molar-refractivity contribution in [2.75, 3.05) is 0 Å². The Balaban J connectivity index is 2.38. The highest BCUT2D eigenvalue weighted by Crippen LogP contribution is 2.13. The predicted octanol–water partition coefficient (Wildman–Crippen LogP) is 0.807. The monoisotopic (exact) mass is 194 g/mol. The molecule has 1 N–H and O–H groups in total. The maximum absolute atomic E-state index is 10.7. The third kappa shape index (κ3) is 1.46. The molecule has 0 aliphatic carbocycles. The van der Waals surface area contributed by atoms with Gasteiger partial charge >= 0.3 is 5.76 Å². The first-order chi connectivity index (χ1) is 6.66. The van der Waals surface area contributed by atoms with Gasteiger partial charge in [-0.2, -0.15) is 5.10 Å². The van der Waals surface area contributed by atoms with Gasteiger partial charge in [0.15, 0.2) is 5.82 Å². The molecule has 0 spiro atoms. The quantitative estimate of drug-likeness (QED) is 0.767. The van der Waals surface area contributed by atoms with E-state index in [4.69, 9.17) is 0 Å². The van der Waals surface area contributed by atoms with Gasteiger partial charge in [-0.05, 0) is 13.8 Å². The van der Waals surface area contributed by atoms with E-state index in [1.54, 1.807) is 17.1 Å². The van der Waals surface area contributed by atoms with E-state index in [1.807, 2.05) is 13.8 Å². The molecule has 74 valence electrons. The topological polar surface area (TPSA) is 76.7 Å². The van der Waals surface area contributed by atoms with E-state index in [2.05, 4.69) is 19.8 Å². The molecular formula is C8H10N4O2.